The molecule has 4 heteroatoms. The lowest BCUT2D eigenvalue weighted by Crippen LogP contribution is -2.48. The summed E-state index contributed by atoms with van der Waals surface area (Å²) in [4.78, 5) is 12.6. The van der Waals surface area contributed by atoms with Crippen LogP contribution in [0, 0.1) is 5.92 Å². The van der Waals surface area contributed by atoms with Gasteiger partial charge in [-0.2, -0.15) is 0 Å². The molecule has 1 N–H and O–H groups in total. The summed E-state index contributed by atoms with van der Waals surface area (Å²) in [6.45, 7) is 15.9. The smallest absolute Gasteiger partial charge is 0.317 e. The third kappa shape index (κ3) is 18.5. The van der Waals surface area contributed by atoms with Gasteiger partial charge in [-0.1, -0.05) is 84.9 Å². The lowest BCUT2D eigenvalue weighted by molar-refractivity contribution is 0.180. The molecule has 0 aliphatic carbocycles. The number of hydrogen-bond acceptors (Lipinski definition) is 1. The van der Waals surface area contributed by atoms with E-state index in [1.165, 1.54) is 0 Å². The SMILES string of the molecule is CC.CC.CC.CCC1CNC(=O)N(C)C1.[B].c1ccccc1. The van der Waals surface area contributed by atoms with Gasteiger partial charge in [-0.05, 0) is 12.3 Å². The zero-order chi connectivity index (χ0) is 17.8. The van der Waals surface area contributed by atoms with E-state index in [1.807, 2.05) is 85.0 Å². The molecular weight excluding hydrogens is 283 g/mol. The molecule has 1 unspecified atom stereocenters. The van der Waals surface area contributed by atoms with Crippen LogP contribution >= 0.6 is 0 Å². The highest BCUT2D eigenvalue weighted by atomic mass is 16.2. The molecule has 1 atom stereocenters. The number of carbonyl (C=O) groups excluding carboxylic acids is 1. The Bertz CT molecular complexity index is 281. The number of urea groups is 1. The first-order valence-electron chi connectivity index (χ1n) is 8.73. The predicted octanol–water partition coefficient (Wildman–Crippen LogP) is 5.05. The van der Waals surface area contributed by atoms with Crippen molar-refractivity contribution in [3.8, 4) is 0 Å². The number of carbonyl (C=O) groups is 1. The largest absolute Gasteiger partial charge is 0.338 e. The zero-order valence-electron chi connectivity index (χ0n) is 16.6. The topological polar surface area (TPSA) is 32.3 Å². The first-order valence-corrected chi connectivity index (χ1v) is 8.73. The van der Waals surface area contributed by atoms with Crippen LogP contribution in [-0.2, 0) is 0 Å². The van der Waals surface area contributed by atoms with Crippen molar-refractivity contribution in [3.05, 3.63) is 36.4 Å². The molecule has 0 saturated carbocycles. The highest BCUT2D eigenvalue weighted by Gasteiger charge is 2.19. The third-order valence-electron chi connectivity index (χ3n) is 2.66. The van der Waals surface area contributed by atoms with Gasteiger partial charge in [0.25, 0.3) is 0 Å². The minimum atomic E-state index is 0. The molecule has 1 aliphatic heterocycles. The number of nitrogens with one attached hydrogen (secondary N) is 1. The van der Waals surface area contributed by atoms with Gasteiger partial charge in [0.1, 0.15) is 0 Å². The summed E-state index contributed by atoms with van der Waals surface area (Å²) in [6, 6.07) is 12.1. The van der Waals surface area contributed by atoms with Crippen molar-refractivity contribution < 1.29 is 4.79 Å². The van der Waals surface area contributed by atoms with Crippen molar-refractivity contribution in [3.63, 3.8) is 0 Å². The second-order valence-electron chi connectivity index (χ2n) is 4.00. The molecule has 3 radical (unpaired) electrons. The summed E-state index contributed by atoms with van der Waals surface area (Å²) in [5, 5.41) is 2.82. The second kappa shape index (κ2) is 25.5. The highest BCUT2D eigenvalue weighted by Crippen LogP contribution is 2.07. The number of hydrogen-bond donors (Lipinski definition) is 1. The van der Waals surface area contributed by atoms with Crippen molar-refractivity contribution >= 4 is 14.4 Å². The van der Waals surface area contributed by atoms with Crippen molar-refractivity contribution in [1.82, 2.24) is 10.2 Å². The minimum absolute atomic E-state index is 0. The van der Waals surface area contributed by atoms with E-state index in [1.54, 1.807) is 4.90 Å². The van der Waals surface area contributed by atoms with Crippen LogP contribution in [0.3, 0.4) is 0 Å². The van der Waals surface area contributed by atoms with Crippen LogP contribution in [0.15, 0.2) is 36.4 Å². The van der Waals surface area contributed by atoms with E-state index in [2.05, 4.69) is 12.2 Å². The maximum atomic E-state index is 10.9. The summed E-state index contributed by atoms with van der Waals surface area (Å²) in [5.41, 5.74) is 0. The predicted molar refractivity (Wildman–Crippen MR) is 106 cm³/mol. The molecule has 1 saturated heterocycles. The molecule has 23 heavy (non-hydrogen) atoms. The zero-order valence-corrected chi connectivity index (χ0v) is 16.6. The third-order valence-corrected chi connectivity index (χ3v) is 2.66. The van der Waals surface area contributed by atoms with Crippen LogP contribution < -0.4 is 5.32 Å². The Balaban J connectivity index is -0.000000120. The van der Waals surface area contributed by atoms with Gasteiger partial charge in [-0.25, -0.2) is 4.79 Å². The summed E-state index contributed by atoms with van der Waals surface area (Å²) < 4.78 is 0. The van der Waals surface area contributed by atoms with Gasteiger partial charge in [0, 0.05) is 28.6 Å². The molecule has 2 rings (SSSR count). The first kappa shape index (κ1) is 29.6. The fraction of sp³-hybridized carbons (Fsp3) is 0.632. The molecule has 1 aromatic rings. The Hall–Kier alpha value is -1.45. The number of amides is 2. The normalized spacial score (nSPS) is 14.3. The first-order chi connectivity index (χ1) is 10.7. The summed E-state index contributed by atoms with van der Waals surface area (Å²) >= 11 is 0. The van der Waals surface area contributed by atoms with E-state index < -0.39 is 0 Å². The molecule has 1 heterocycles. The maximum Gasteiger partial charge on any atom is 0.317 e. The molecule has 133 valence electrons. The van der Waals surface area contributed by atoms with E-state index in [9.17, 15) is 4.79 Å². The van der Waals surface area contributed by atoms with Crippen LogP contribution in [0.2, 0.25) is 0 Å². The summed E-state index contributed by atoms with van der Waals surface area (Å²) in [6.07, 6.45) is 1.14. The lowest BCUT2D eigenvalue weighted by atomic mass is 10.1. The van der Waals surface area contributed by atoms with Crippen LogP contribution in [0.4, 0.5) is 4.79 Å². The quantitative estimate of drug-likeness (QED) is 0.721. The molecular formula is C19H38BN2O. The average molecular weight is 321 g/mol. The Labute approximate surface area is 147 Å². The molecule has 1 fully saturated rings. The van der Waals surface area contributed by atoms with Gasteiger partial charge < -0.3 is 10.2 Å². The molecule has 0 aromatic heterocycles. The molecule has 1 aliphatic rings. The lowest BCUT2D eigenvalue weighted by Gasteiger charge is -2.29. The van der Waals surface area contributed by atoms with Crippen LogP contribution in [0.5, 0.6) is 0 Å². The van der Waals surface area contributed by atoms with Crippen LogP contribution in [0.1, 0.15) is 54.9 Å². The van der Waals surface area contributed by atoms with Gasteiger partial charge >= 0.3 is 6.03 Å². The van der Waals surface area contributed by atoms with E-state index in [0.717, 1.165) is 19.5 Å². The second-order valence-corrected chi connectivity index (χ2v) is 4.00. The van der Waals surface area contributed by atoms with Crippen molar-refractivity contribution in [2.24, 2.45) is 5.92 Å². The number of nitrogens with zero attached hydrogens (tertiary/aromatic N) is 1. The van der Waals surface area contributed by atoms with E-state index >= 15 is 0 Å². The number of rotatable bonds is 1. The highest BCUT2D eigenvalue weighted by molar-refractivity contribution is 5.75. The van der Waals surface area contributed by atoms with Crippen molar-refractivity contribution in [2.45, 2.75) is 54.9 Å². The van der Waals surface area contributed by atoms with Gasteiger partial charge in [0.15, 0.2) is 0 Å². The van der Waals surface area contributed by atoms with Crippen molar-refractivity contribution in [1.29, 1.82) is 0 Å². The molecule has 0 spiro atoms. The summed E-state index contributed by atoms with van der Waals surface area (Å²) in [5.74, 6) is 0.641. The maximum absolute atomic E-state index is 10.9. The average Bonchev–Trinajstić information content (AvgIpc) is 2.64. The van der Waals surface area contributed by atoms with Crippen molar-refractivity contribution in [2.75, 3.05) is 20.1 Å². The minimum Gasteiger partial charge on any atom is -0.338 e. The van der Waals surface area contributed by atoms with E-state index in [-0.39, 0.29) is 14.4 Å². The van der Waals surface area contributed by atoms with Gasteiger partial charge in [0.2, 0.25) is 0 Å². The molecule has 2 amide bonds. The number of benzene rings is 1. The van der Waals surface area contributed by atoms with Crippen LogP contribution in [-0.4, -0.2) is 39.5 Å². The van der Waals surface area contributed by atoms with Gasteiger partial charge in [-0.3, -0.25) is 0 Å². The van der Waals surface area contributed by atoms with Crippen LogP contribution in [0.25, 0.3) is 0 Å². The monoisotopic (exact) mass is 321 g/mol. The Morgan fingerprint density at radius 1 is 0.957 bits per heavy atom. The van der Waals surface area contributed by atoms with Gasteiger partial charge in [0.05, 0.1) is 0 Å². The molecule has 1 aromatic carbocycles. The van der Waals surface area contributed by atoms with Gasteiger partial charge in [-0.15, -0.1) is 0 Å². The Kier molecular flexibility index (Phi) is 32.8. The fourth-order valence-electron chi connectivity index (χ4n) is 1.56. The van der Waals surface area contributed by atoms with E-state index in [4.69, 9.17) is 0 Å². The molecule has 0 bridgehead atoms. The van der Waals surface area contributed by atoms with E-state index in [0.29, 0.717) is 5.92 Å². The summed E-state index contributed by atoms with van der Waals surface area (Å²) in [7, 11) is 1.83. The fourth-order valence-corrected chi connectivity index (χ4v) is 1.56. The standard InChI is InChI=1S/C7H14N2O.C6H6.3C2H6.B/c1-3-6-4-8-7(10)9(2)5-6;1-2-4-6-5-3-1;3*1-2;/h6H,3-5H2,1-2H3,(H,8,10);1-6H;3*1-2H3;. The molecule has 3 nitrogen and oxygen atoms in total. The Morgan fingerprint density at radius 3 is 1.57 bits per heavy atom. The Morgan fingerprint density at radius 2 is 1.30 bits per heavy atom.